The van der Waals surface area contributed by atoms with Crippen LogP contribution in [0.1, 0.15) is 25.2 Å². The minimum atomic E-state index is -3.32. The van der Waals surface area contributed by atoms with Crippen molar-refractivity contribution in [1.82, 2.24) is 24.4 Å². The number of nitrogens with one attached hydrogen (secondary N) is 1. The van der Waals surface area contributed by atoms with Gasteiger partial charge in [-0.25, -0.2) is 32.5 Å². The molecule has 0 aliphatic heterocycles. The number of anilines is 1. The number of benzene rings is 1. The number of sulfone groups is 1. The third-order valence-corrected chi connectivity index (χ3v) is 7.45. The van der Waals surface area contributed by atoms with Crippen LogP contribution in [0.25, 0.3) is 11.2 Å². The molecule has 0 saturated heterocycles. The van der Waals surface area contributed by atoms with E-state index in [-0.39, 0.29) is 41.5 Å². The number of hydrogen-bond donors (Lipinski definition) is 2. The summed E-state index contributed by atoms with van der Waals surface area (Å²) in [5.74, 6) is 0.0744. The zero-order valence-corrected chi connectivity index (χ0v) is 18.9. The molecule has 0 bridgehead atoms. The average molecular weight is 467 g/mol. The predicted octanol–water partition coefficient (Wildman–Crippen LogP) is 1.43. The van der Waals surface area contributed by atoms with Crippen molar-refractivity contribution in [2.75, 3.05) is 18.5 Å². The first kappa shape index (κ1) is 22.8. The number of amides is 1. The van der Waals surface area contributed by atoms with Crippen molar-refractivity contribution in [3.05, 3.63) is 51.2 Å². The highest BCUT2D eigenvalue weighted by Gasteiger charge is 2.25. The number of nitrogens with two attached hydrogens (primary N) is 1. The minimum Gasteiger partial charge on any atom is -0.382 e. The Morgan fingerprint density at radius 1 is 1.26 bits per heavy atom. The molecule has 31 heavy (non-hydrogen) atoms. The smallest absolute Gasteiger partial charge is 0.339 e. The molecule has 1 aromatic carbocycles. The summed E-state index contributed by atoms with van der Waals surface area (Å²) in [4.78, 5) is 34.0. The first-order chi connectivity index (χ1) is 14.6. The van der Waals surface area contributed by atoms with Gasteiger partial charge in [-0.15, -0.1) is 0 Å². The Labute approximate surface area is 184 Å². The quantitative estimate of drug-likeness (QED) is 0.559. The van der Waals surface area contributed by atoms with Gasteiger partial charge in [0.1, 0.15) is 11.3 Å². The van der Waals surface area contributed by atoms with Crippen LogP contribution in [0.4, 0.5) is 10.6 Å². The van der Waals surface area contributed by atoms with Crippen molar-refractivity contribution in [3.8, 4) is 0 Å². The van der Waals surface area contributed by atoms with Crippen LogP contribution < -0.4 is 16.7 Å². The van der Waals surface area contributed by atoms with Crippen LogP contribution in [-0.4, -0.2) is 51.6 Å². The van der Waals surface area contributed by atoms with Crippen molar-refractivity contribution in [2.24, 2.45) is 0 Å². The lowest BCUT2D eigenvalue weighted by Crippen LogP contribution is -2.35. The molecule has 1 amide bonds. The van der Waals surface area contributed by atoms with Gasteiger partial charge in [-0.05, 0) is 24.6 Å². The molecule has 0 aliphatic carbocycles. The number of halogens is 1. The molecule has 0 fully saturated rings. The maximum absolute atomic E-state index is 13.1. The molecule has 1 unspecified atom stereocenters. The third-order valence-electron chi connectivity index (χ3n) is 5.00. The molecular weight excluding hydrogens is 444 g/mol. The van der Waals surface area contributed by atoms with E-state index in [9.17, 15) is 18.0 Å². The molecular formula is C19H23ClN6O4S. The van der Waals surface area contributed by atoms with Gasteiger partial charge >= 0.3 is 11.7 Å². The third kappa shape index (κ3) is 4.42. The van der Waals surface area contributed by atoms with Gasteiger partial charge in [0, 0.05) is 24.2 Å². The summed E-state index contributed by atoms with van der Waals surface area (Å²) in [6.07, 6.45) is 0.0244. The summed E-state index contributed by atoms with van der Waals surface area (Å²) < 4.78 is 26.5. The number of carbonyl (C=O) groups excluding carboxylic acids is 1. The van der Waals surface area contributed by atoms with E-state index >= 15 is 0 Å². The monoisotopic (exact) mass is 466 g/mol. The number of imidazole rings is 1. The highest BCUT2D eigenvalue weighted by Crippen LogP contribution is 2.20. The molecule has 2 heterocycles. The van der Waals surface area contributed by atoms with E-state index in [1.165, 1.54) is 11.6 Å². The normalized spacial score (nSPS) is 12.8. The Morgan fingerprint density at radius 3 is 2.48 bits per heavy atom. The SMILES string of the molecule is CCS(=O)(=O)C(C)Cc1nc(N)c2c(n1)n(Cc1ccc(Cl)cc1)c(=O)n2C(=O)NC. The molecule has 0 aliphatic rings. The fourth-order valence-corrected chi connectivity index (χ4v) is 4.29. The summed E-state index contributed by atoms with van der Waals surface area (Å²) in [5, 5.41) is 2.22. The largest absolute Gasteiger partial charge is 0.382 e. The number of fused-ring (bicyclic) bond motifs is 1. The van der Waals surface area contributed by atoms with Gasteiger partial charge in [-0.2, -0.15) is 0 Å². The Balaban J connectivity index is 2.19. The molecule has 2 aromatic heterocycles. The number of nitrogens with zero attached hydrogens (tertiary/aromatic N) is 4. The van der Waals surface area contributed by atoms with Crippen molar-refractivity contribution < 1.29 is 13.2 Å². The zero-order chi connectivity index (χ0) is 22.9. The fraction of sp³-hybridized carbons (Fsp3) is 0.368. The predicted molar refractivity (Wildman–Crippen MR) is 119 cm³/mol. The first-order valence-electron chi connectivity index (χ1n) is 9.54. The number of nitrogen functional groups attached to an aromatic ring is 1. The van der Waals surface area contributed by atoms with E-state index in [1.807, 2.05) is 0 Å². The van der Waals surface area contributed by atoms with Crippen molar-refractivity contribution >= 4 is 44.5 Å². The van der Waals surface area contributed by atoms with Crippen LogP contribution in [0.2, 0.25) is 5.02 Å². The standard InChI is InChI=1S/C19H23ClN6O4S/c1-4-31(29,30)11(2)9-14-23-16(21)15-17(24-14)25(19(28)26(15)18(27)22-3)10-12-5-7-13(20)8-6-12/h5-8,11H,4,9-10H2,1-3H3,(H,22,27)(H2,21,23,24). The molecule has 166 valence electrons. The molecule has 0 saturated carbocycles. The van der Waals surface area contributed by atoms with Gasteiger partial charge in [-0.3, -0.25) is 4.57 Å². The molecule has 10 nitrogen and oxygen atoms in total. The Bertz CT molecular complexity index is 1300. The maximum atomic E-state index is 13.1. The van der Waals surface area contributed by atoms with Gasteiger partial charge in [0.15, 0.2) is 21.3 Å². The second kappa shape index (κ2) is 8.67. The Morgan fingerprint density at radius 2 is 1.90 bits per heavy atom. The van der Waals surface area contributed by atoms with E-state index in [0.717, 1.165) is 10.1 Å². The van der Waals surface area contributed by atoms with Gasteiger partial charge in [0.2, 0.25) is 0 Å². The van der Waals surface area contributed by atoms with Crippen LogP contribution in [0, 0.1) is 0 Å². The van der Waals surface area contributed by atoms with Crippen LogP contribution >= 0.6 is 11.6 Å². The highest BCUT2D eigenvalue weighted by atomic mass is 35.5. The summed E-state index contributed by atoms with van der Waals surface area (Å²) in [5.41, 5.74) is 6.41. The molecule has 3 N–H and O–H groups in total. The molecule has 3 aromatic rings. The molecule has 0 spiro atoms. The number of rotatable bonds is 6. The van der Waals surface area contributed by atoms with E-state index in [1.54, 1.807) is 38.1 Å². The van der Waals surface area contributed by atoms with Crippen LogP contribution in [-0.2, 0) is 22.8 Å². The van der Waals surface area contributed by atoms with Gasteiger partial charge in [0.25, 0.3) is 0 Å². The summed E-state index contributed by atoms with van der Waals surface area (Å²) >= 11 is 5.93. The molecule has 12 heteroatoms. The highest BCUT2D eigenvalue weighted by molar-refractivity contribution is 7.91. The maximum Gasteiger partial charge on any atom is 0.339 e. The van der Waals surface area contributed by atoms with E-state index < -0.39 is 26.8 Å². The average Bonchev–Trinajstić information content (AvgIpc) is 3.01. The Hall–Kier alpha value is -2.92. The van der Waals surface area contributed by atoms with Crippen LogP contribution in [0.3, 0.4) is 0 Å². The topological polar surface area (TPSA) is 142 Å². The fourth-order valence-electron chi connectivity index (χ4n) is 3.19. The van der Waals surface area contributed by atoms with Crippen LogP contribution in [0.15, 0.2) is 29.1 Å². The number of aromatic nitrogens is 4. The minimum absolute atomic E-state index is 0.0137. The van der Waals surface area contributed by atoms with Crippen LogP contribution in [0.5, 0.6) is 0 Å². The second-order valence-electron chi connectivity index (χ2n) is 7.05. The molecule has 1 atom stereocenters. The number of hydrogen-bond acceptors (Lipinski definition) is 7. The van der Waals surface area contributed by atoms with Crippen molar-refractivity contribution in [1.29, 1.82) is 0 Å². The molecule has 3 rings (SSSR count). The zero-order valence-electron chi connectivity index (χ0n) is 17.3. The number of carbonyl (C=O) groups is 1. The second-order valence-corrected chi connectivity index (χ2v) is 10.2. The molecule has 0 radical (unpaired) electrons. The van der Waals surface area contributed by atoms with Gasteiger partial charge < -0.3 is 11.1 Å². The Kier molecular flexibility index (Phi) is 6.37. The van der Waals surface area contributed by atoms with E-state index in [0.29, 0.717) is 5.02 Å². The van der Waals surface area contributed by atoms with Gasteiger partial charge in [-0.1, -0.05) is 30.7 Å². The van der Waals surface area contributed by atoms with E-state index in [2.05, 4.69) is 15.3 Å². The summed E-state index contributed by atoms with van der Waals surface area (Å²) in [6, 6.07) is 6.19. The summed E-state index contributed by atoms with van der Waals surface area (Å²) in [7, 11) is -1.93. The van der Waals surface area contributed by atoms with Gasteiger partial charge in [0.05, 0.1) is 11.8 Å². The lowest BCUT2D eigenvalue weighted by Gasteiger charge is -2.11. The lowest BCUT2D eigenvalue weighted by atomic mass is 10.2. The first-order valence-corrected chi connectivity index (χ1v) is 11.6. The van der Waals surface area contributed by atoms with E-state index in [4.69, 9.17) is 17.3 Å². The van der Waals surface area contributed by atoms with Crippen molar-refractivity contribution in [3.63, 3.8) is 0 Å². The van der Waals surface area contributed by atoms with Crippen molar-refractivity contribution in [2.45, 2.75) is 32.1 Å². The lowest BCUT2D eigenvalue weighted by molar-refractivity contribution is 0.244. The summed E-state index contributed by atoms with van der Waals surface area (Å²) in [6.45, 7) is 3.24.